The van der Waals surface area contributed by atoms with E-state index < -0.39 is 0 Å². The molecule has 0 aliphatic heterocycles. The third-order valence-corrected chi connectivity index (χ3v) is 3.49. The SMILES string of the molecule is CCCC(C)c1cc(CC)c(N=O)cc1CCN. The van der Waals surface area contributed by atoms with E-state index in [-0.39, 0.29) is 0 Å². The van der Waals surface area contributed by atoms with Crippen LogP contribution in [0.3, 0.4) is 0 Å². The van der Waals surface area contributed by atoms with Gasteiger partial charge < -0.3 is 5.73 Å². The van der Waals surface area contributed by atoms with Crippen LogP contribution in [-0.2, 0) is 12.8 Å². The molecule has 0 heterocycles. The number of hydrogen-bond donors (Lipinski definition) is 1. The molecule has 0 spiro atoms. The van der Waals surface area contributed by atoms with Gasteiger partial charge in [-0.1, -0.05) is 33.3 Å². The third-order valence-electron chi connectivity index (χ3n) is 3.49. The van der Waals surface area contributed by atoms with Crippen LogP contribution in [0.1, 0.15) is 56.2 Å². The summed E-state index contributed by atoms with van der Waals surface area (Å²) in [5.41, 5.74) is 9.80. The molecular formula is C15H24N2O. The van der Waals surface area contributed by atoms with Crippen LogP contribution < -0.4 is 5.73 Å². The Morgan fingerprint density at radius 3 is 2.50 bits per heavy atom. The van der Waals surface area contributed by atoms with Crippen LogP contribution in [0.15, 0.2) is 17.3 Å². The zero-order chi connectivity index (χ0) is 13.5. The Kier molecular flexibility index (Phi) is 5.99. The third kappa shape index (κ3) is 3.39. The minimum Gasteiger partial charge on any atom is -0.330 e. The van der Waals surface area contributed by atoms with Crippen LogP contribution in [0.5, 0.6) is 0 Å². The van der Waals surface area contributed by atoms with Gasteiger partial charge in [0.2, 0.25) is 0 Å². The van der Waals surface area contributed by atoms with E-state index in [1.54, 1.807) is 0 Å². The molecule has 0 aromatic heterocycles. The van der Waals surface area contributed by atoms with Crippen LogP contribution in [-0.4, -0.2) is 6.54 Å². The standard InChI is InChI=1S/C15H24N2O/c1-4-6-11(3)14-9-12(5-2)15(17-18)10-13(14)7-8-16/h9-11H,4-8,16H2,1-3H3. The minimum absolute atomic E-state index is 0.516. The Bertz CT molecular complexity index is 402. The molecule has 0 bridgehead atoms. The number of benzene rings is 1. The van der Waals surface area contributed by atoms with E-state index in [1.807, 2.05) is 6.07 Å². The molecule has 3 nitrogen and oxygen atoms in total. The van der Waals surface area contributed by atoms with Crippen molar-refractivity contribution in [1.82, 2.24) is 0 Å². The molecule has 0 aliphatic rings. The molecule has 0 saturated carbocycles. The van der Waals surface area contributed by atoms with Gasteiger partial charge in [0.1, 0.15) is 5.69 Å². The Balaban J connectivity index is 3.23. The smallest absolute Gasteiger partial charge is 0.111 e. The van der Waals surface area contributed by atoms with Crippen LogP contribution in [0.4, 0.5) is 5.69 Å². The second-order valence-corrected chi connectivity index (χ2v) is 4.85. The van der Waals surface area contributed by atoms with E-state index in [1.165, 1.54) is 17.5 Å². The molecule has 1 rings (SSSR count). The van der Waals surface area contributed by atoms with Crippen LogP contribution >= 0.6 is 0 Å². The number of hydrogen-bond acceptors (Lipinski definition) is 3. The van der Waals surface area contributed by atoms with Crippen molar-refractivity contribution in [2.75, 3.05) is 6.54 Å². The number of nitroso groups, excluding NO2 is 1. The summed E-state index contributed by atoms with van der Waals surface area (Å²) < 4.78 is 0. The molecule has 3 heteroatoms. The number of rotatable bonds is 7. The second-order valence-electron chi connectivity index (χ2n) is 4.85. The maximum absolute atomic E-state index is 10.9. The summed E-state index contributed by atoms with van der Waals surface area (Å²) >= 11 is 0. The predicted molar refractivity (Wildman–Crippen MR) is 77.4 cm³/mol. The van der Waals surface area contributed by atoms with E-state index in [2.05, 4.69) is 32.0 Å². The summed E-state index contributed by atoms with van der Waals surface area (Å²) in [5.74, 6) is 0.516. The predicted octanol–water partition coefficient (Wildman–Crippen LogP) is 4.05. The lowest BCUT2D eigenvalue weighted by atomic mass is 9.88. The zero-order valence-electron chi connectivity index (χ0n) is 11.7. The molecule has 0 aliphatic carbocycles. The molecule has 1 aromatic rings. The number of nitrogens with zero attached hydrogens (tertiary/aromatic N) is 1. The first kappa shape index (κ1) is 14.8. The van der Waals surface area contributed by atoms with Gasteiger partial charge in [0.25, 0.3) is 0 Å². The normalized spacial score (nSPS) is 12.4. The highest BCUT2D eigenvalue weighted by Gasteiger charge is 2.14. The summed E-state index contributed by atoms with van der Waals surface area (Å²) in [5, 5.41) is 3.14. The van der Waals surface area contributed by atoms with Crippen molar-refractivity contribution in [2.24, 2.45) is 10.9 Å². The quantitative estimate of drug-likeness (QED) is 0.740. The first-order chi connectivity index (χ1) is 8.67. The first-order valence-corrected chi connectivity index (χ1v) is 6.86. The largest absolute Gasteiger partial charge is 0.330 e. The Labute approximate surface area is 110 Å². The van der Waals surface area contributed by atoms with Gasteiger partial charge in [-0.2, -0.15) is 0 Å². The second kappa shape index (κ2) is 7.27. The average Bonchev–Trinajstić information content (AvgIpc) is 2.38. The summed E-state index contributed by atoms with van der Waals surface area (Å²) in [6.45, 7) is 7.10. The average molecular weight is 248 g/mol. The van der Waals surface area contributed by atoms with Gasteiger partial charge in [0.15, 0.2) is 0 Å². The van der Waals surface area contributed by atoms with Crippen LogP contribution in [0.25, 0.3) is 0 Å². The molecule has 0 amide bonds. The van der Waals surface area contributed by atoms with E-state index in [4.69, 9.17) is 5.73 Å². The fourth-order valence-electron chi connectivity index (χ4n) is 2.48. The number of nitrogens with two attached hydrogens (primary N) is 1. The molecule has 2 N–H and O–H groups in total. The van der Waals surface area contributed by atoms with Crippen LogP contribution in [0, 0.1) is 4.91 Å². The molecule has 0 radical (unpaired) electrons. The van der Waals surface area contributed by atoms with Gasteiger partial charge in [-0.15, -0.1) is 4.91 Å². The summed E-state index contributed by atoms with van der Waals surface area (Å²) in [6.07, 6.45) is 3.98. The monoisotopic (exact) mass is 248 g/mol. The first-order valence-electron chi connectivity index (χ1n) is 6.86. The van der Waals surface area contributed by atoms with Gasteiger partial charge in [-0.25, -0.2) is 0 Å². The van der Waals surface area contributed by atoms with Gasteiger partial charge in [-0.05, 0) is 59.7 Å². The fraction of sp³-hybridized carbons (Fsp3) is 0.600. The molecular weight excluding hydrogens is 224 g/mol. The molecule has 100 valence electrons. The maximum Gasteiger partial charge on any atom is 0.111 e. The van der Waals surface area contributed by atoms with Gasteiger partial charge in [0, 0.05) is 0 Å². The highest BCUT2D eigenvalue weighted by molar-refractivity contribution is 5.52. The van der Waals surface area contributed by atoms with Crippen molar-refractivity contribution in [3.63, 3.8) is 0 Å². The zero-order valence-corrected chi connectivity index (χ0v) is 11.7. The van der Waals surface area contributed by atoms with Gasteiger partial charge in [0.05, 0.1) is 0 Å². The van der Waals surface area contributed by atoms with E-state index in [0.29, 0.717) is 18.2 Å². The van der Waals surface area contributed by atoms with Crippen molar-refractivity contribution in [3.8, 4) is 0 Å². The lowest BCUT2D eigenvalue weighted by Gasteiger charge is -2.18. The molecule has 18 heavy (non-hydrogen) atoms. The van der Waals surface area contributed by atoms with Crippen molar-refractivity contribution in [2.45, 2.75) is 52.4 Å². The Hall–Kier alpha value is -1.22. The molecule has 1 aromatic carbocycles. The molecule has 0 saturated heterocycles. The van der Waals surface area contributed by atoms with Crippen molar-refractivity contribution >= 4 is 5.69 Å². The number of aryl methyl sites for hydroxylation is 1. The van der Waals surface area contributed by atoms with Gasteiger partial charge >= 0.3 is 0 Å². The lowest BCUT2D eigenvalue weighted by Crippen LogP contribution is -2.08. The van der Waals surface area contributed by atoms with E-state index >= 15 is 0 Å². The van der Waals surface area contributed by atoms with E-state index in [0.717, 1.165) is 24.8 Å². The summed E-state index contributed by atoms with van der Waals surface area (Å²) in [6, 6.07) is 4.09. The minimum atomic E-state index is 0.516. The lowest BCUT2D eigenvalue weighted by molar-refractivity contribution is 0.656. The van der Waals surface area contributed by atoms with Crippen molar-refractivity contribution < 1.29 is 0 Å². The fourth-order valence-corrected chi connectivity index (χ4v) is 2.48. The maximum atomic E-state index is 10.9. The highest BCUT2D eigenvalue weighted by Crippen LogP contribution is 2.31. The highest BCUT2D eigenvalue weighted by atomic mass is 16.3. The van der Waals surface area contributed by atoms with Crippen molar-refractivity contribution in [1.29, 1.82) is 0 Å². The molecule has 1 atom stereocenters. The Morgan fingerprint density at radius 1 is 1.28 bits per heavy atom. The van der Waals surface area contributed by atoms with Crippen molar-refractivity contribution in [3.05, 3.63) is 33.7 Å². The summed E-state index contributed by atoms with van der Waals surface area (Å²) in [7, 11) is 0. The van der Waals surface area contributed by atoms with Crippen LogP contribution in [0.2, 0.25) is 0 Å². The molecule has 0 fully saturated rings. The topological polar surface area (TPSA) is 55.5 Å². The Morgan fingerprint density at radius 2 is 2.00 bits per heavy atom. The van der Waals surface area contributed by atoms with Gasteiger partial charge in [-0.3, -0.25) is 0 Å². The summed E-state index contributed by atoms with van der Waals surface area (Å²) in [4.78, 5) is 10.9. The van der Waals surface area contributed by atoms with E-state index in [9.17, 15) is 4.91 Å². The molecule has 1 unspecified atom stereocenters.